The summed E-state index contributed by atoms with van der Waals surface area (Å²) in [6.45, 7) is 2.01. The Morgan fingerprint density at radius 3 is 2.55 bits per heavy atom. The van der Waals surface area contributed by atoms with E-state index in [1.165, 1.54) is 5.56 Å². The van der Waals surface area contributed by atoms with Gasteiger partial charge in [-0.2, -0.15) is 0 Å². The van der Waals surface area contributed by atoms with Crippen LogP contribution in [0.2, 0.25) is 0 Å². The molecule has 0 unspecified atom stereocenters. The molecule has 0 aliphatic rings. The van der Waals surface area contributed by atoms with Gasteiger partial charge in [0.1, 0.15) is 0 Å². The summed E-state index contributed by atoms with van der Waals surface area (Å²) in [5.41, 5.74) is 2.35. The molecule has 0 heterocycles. The molecule has 22 heavy (non-hydrogen) atoms. The van der Waals surface area contributed by atoms with Gasteiger partial charge in [0.25, 0.3) is 0 Å². The first-order valence-electron chi connectivity index (χ1n) is 7.48. The van der Waals surface area contributed by atoms with E-state index in [9.17, 15) is 0 Å². The maximum absolute atomic E-state index is 8.80. The minimum absolute atomic E-state index is 0.136. The van der Waals surface area contributed by atoms with Crippen molar-refractivity contribution in [3.05, 3.63) is 59.7 Å². The Morgan fingerprint density at radius 2 is 1.82 bits per heavy atom. The lowest BCUT2D eigenvalue weighted by Gasteiger charge is -2.13. The first-order chi connectivity index (χ1) is 10.8. The molecule has 0 bridgehead atoms. The van der Waals surface area contributed by atoms with Crippen molar-refractivity contribution in [2.75, 3.05) is 26.9 Å². The Labute approximate surface area is 131 Å². The Kier molecular flexibility index (Phi) is 6.74. The number of methoxy groups -OCH3 is 1. The number of benzene rings is 2. The zero-order valence-corrected chi connectivity index (χ0v) is 12.9. The van der Waals surface area contributed by atoms with Crippen LogP contribution in [0.15, 0.2) is 48.5 Å². The van der Waals surface area contributed by atoms with Crippen molar-refractivity contribution in [3.63, 3.8) is 0 Å². The number of hydrogen-bond donors (Lipinski definition) is 2. The van der Waals surface area contributed by atoms with Crippen LogP contribution in [0.1, 0.15) is 11.1 Å². The van der Waals surface area contributed by atoms with E-state index in [0.717, 1.165) is 23.5 Å². The van der Waals surface area contributed by atoms with E-state index in [0.29, 0.717) is 19.7 Å². The monoisotopic (exact) mass is 301 g/mol. The predicted octanol–water partition coefficient (Wildman–Crippen LogP) is 2.40. The summed E-state index contributed by atoms with van der Waals surface area (Å²) in [5.74, 6) is 1.49. The molecule has 2 N–H and O–H groups in total. The minimum atomic E-state index is 0.136. The van der Waals surface area contributed by atoms with Crippen LogP contribution in [0.5, 0.6) is 11.5 Å². The molecule has 0 spiro atoms. The smallest absolute Gasteiger partial charge is 0.161 e. The lowest BCUT2D eigenvalue weighted by molar-refractivity contribution is 0.291. The number of hydrogen-bond acceptors (Lipinski definition) is 4. The van der Waals surface area contributed by atoms with Crippen LogP contribution in [-0.4, -0.2) is 32.0 Å². The SMILES string of the molecule is COc1ccc(CNCCO)cc1OCCc1ccccc1. The standard InChI is InChI=1S/C18H23NO3/c1-21-17-8-7-16(14-19-10-11-20)13-18(17)22-12-9-15-5-3-2-4-6-15/h2-8,13,19-20H,9-12,14H2,1H3. The predicted molar refractivity (Wildman–Crippen MR) is 87.4 cm³/mol. The second kappa shape index (κ2) is 9.07. The normalized spacial score (nSPS) is 10.5. The Balaban J connectivity index is 1.93. The lowest BCUT2D eigenvalue weighted by Crippen LogP contribution is -2.17. The average Bonchev–Trinajstić information content (AvgIpc) is 2.56. The van der Waals surface area contributed by atoms with Crippen molar-refractivity contribution in [2.24, 2.45) is 0 Å². The minimum Gasteiger partial charge on any atom is -0.493 e. The van der Waals surface area contributed by atoms with E-state index < -0.39 is 0 Å². The van der Waals surface area contributed by atoms with Gasteiger partial charge in [-0.15, -0.1) is 0 Å². The Hall–Kier alpha value is -2.04. The fourth-order valence-corrected chi connectivity index (χ4v) is 2.18. The molecule has 4 heteroatoms. The molecule has 0 fully saturated rings. The summed E-state index contributed by atoms with van der Waals surface area (Å²) in [4.78, 5) is 0. The second-order valence-electron chi connectivity index (χ2n) is 4.97. The van der Waals surface area contributed by atoms with Crippen molar-refractivity contribution in [2.45, 2.75) is 13.0 Å². The van der Waals surface area contributed by atoms with Crippen molar-refractivity contribution >= 4 is 0 Å². The van der Waals surface area contributed by atoms with Crippen LogP contribution in [0, 0.1) is 0 Å². The molecule has 4 nitrogen and oxygen atoms in total. The molecule has 0 aliphatic heterocycles. The number of aliphatic hydroxyl groups is 1. The van der Waals surface area contributed by atoms with Gasteiger partial charge in [-0.3, -0.25) is 0 Å². The molecule has 0 amide bonds. The van der Waals surface area contributed by atoms with Crippen LogP contribution in [0.3, 0.4) is 0 Å². The average molecular weight is 301 g/mol. The summed E-state index contributed by atoms with van der Waals surface area (Å²) >= 11 is 0. The van der Waals surface area contributed by atoms with Gasteiger partial charge in [-0.25, -0.2) is 0 Å². The zero-order chi connectivity index (χ0) is 15.6. The number of aliphatic hydroxyl groups excluding tert-OH is 1. The second-order valence-corrected chi connectivity index (χ2v) is 4.97. The van der Waals surface area contributed by atoms with Crippen LogP contribution >= 0.6 is 0 Å². The van der Waals surface area contributed by atoms with E-state index in [2.05, 4.69) is 17.4 Å². The molecule has 2 aromatic rings. The topological polar surface area (TPSA) is 50.7 Å². The highest BCUT2D eigenvalue weighted by Gasteiger charge is 2.06. The van der Waals surface area contributed by atoms with E-state index in [4.69, 9.17) is 14.6 Å². The molecule has 0 saturated heterocycles. The van der Waals surface area contributed by atoms with Gasteiger partial charge in [0, 0.05) is 19.5 Å². The number of nitrogens with one attached hydrogen (secondary N) is 1. The molecular formula is C18H23NO3. The van der Waals surface area contributed by atoms with Crippen LogP contribution < -0.4 is 14.8 Å². The summed E-state index contributed by atoms with van der Waals surface area (Å²) in [6.07, 6.45) is 0.858. The molecule has 0 aliphatic carbocycles. The van der Waals surface area contributed by atoms with Gasteiger partial charge >= 0.3 is 0 Å². The van der Waals surface area contributed by atoms with Crippen LogP contribution in [0.25, 0.3) is 0 Å². The zero-order valence-electron chi connectivity index (χ0n) is 12.9. The third-order valence-corrected chi connectivity index (χ3v) is 3.34. The molecule has 0 radical (unpaired) electrons. The van der Waals surface area contributed by atoms with Gasteiger partial charge in [0.15, 0.2) is 11.5 Å². The fraction of sp³-hybridized carbons (Fsp3) is 0.333. The maximum Gasteiger partial charge on any atom is 0.161 e. The number of rotatable bonds is 9. The molecule has 0 atom stereocenters. The summed E-state index contributed by atoms with van der Waals surface area (Å²) in [7, 11) is 1.64. The van der Waals surface area contributed by atoms with E-state index >= 15 is 0 Å². The Morgan fingerprint density at radius 1 is 1.00 bits per heavy atom. The van der Waals surface area contributed by atoms with Gasteiger partial charge in [0.2, 0.25) is 0 Å². The van der Waals surface area contributed by atoms with Crippen molar-refractivity contribution in [1.29, 1.82) is 0 Å². The largest absolute Gasteiger partial charge is 0.493 e. The highest BCUT2D eigenvalue weighted by atomic mass is 16.5. The van der Waals surface area contributed by atoms with Gasteiger partial charge in [0.05, 0.1) is 20.3 Å². The van der Waals surface area contributed by atoms with Gasteiger partial charge < -0.3 is 19.9 Å². The quantitative estimate of drug-likeness (QED) is 0.698. The fourth-order valence-electron chi connectivity index (χ4n) is 2.18. The lowest BCUT2D eigenvalue weighted by atomic mass is 10.1. The van der Waals surface area contributed by atoms with E-state index in [1.54, 1.807) is 7.11 Å². The first kappa shape index (κ1) is 16.3. The van der Waals surface area contributed by atoms with Gasteiger partial charge in [-0.05, 0) is 23.3 Å². The molecule has 0 aromatic heterocycles. The summed E-state index contributed by atoms with van der Waals surface area (Å²) < 4.78 is 11.2. The molecule has 2 aromatic carbocycles. The summed E-state index contributed by atoms with van der Waals surface area (Å²) in [5, 5.41) is 11.9. The third kappa shape index (κ3) is 5.06. The molecular weight excluding hydrogens is 278 g/mol. The van der Waals surface area contributed by atoms with E-state index in [1.807, 2.05) is 36.4 Å². The maximum atomic E-state index is 8.80. The third-order valence-electron chi connectivity index (χ3n) is 3.34. The highest BCUT2D eigenvalue weighted by molar-refractivity contribution is 5.43. The van der Waals surface area contributed by atoms with Crippen molar-refractivity contribution < 1.29 is 14.6 Å². The van der Waals surface area contributed by atoms with Crippen LogP contribution in [0.4, 0.5) is 0 Å². The van der Waals surface area contributed by atoms with Crippen molar-refractivity contribution in [3.8, 4) is 11.5 Å². The number of ether oxygens (including phenoxy) is 2. The first-order valence-corrected chi connectivity index (χ1v) is 7.48. The Bertz CT molecular complexity index is 558. The van der Waals surface area contributed by atoms with E-state index in [-0.39, 0.29) is 6.61 Å². The van der Waals surface area contributed by atoms with Crippen molar-refractivity contribution in [1.82, 2.24) is 5.32 Å². The summed E-state index contributed by atoms with van der Waals surface area (Å²) in [6, 6.07) is 16.1. The highest BCUT2D eigenvalue weighted by Crippen LogP contribution is 2.28. The molecule has 0 saturated carbocycles. The molecule has 2 rings (SSSR count). The van der Waals surface area contributed by atoms with Crippen LogP contribution in [-0.2, 0) is 13.0 Å². The molecule has 118 valence electrons. The van der Waals surface area contributed by atoms with Gasteiger partial charge in [-0.1, -0.05) is 36.4 Å².